The van der Waals surface area contributed by atoms with Crippen molar-refractivity contribution in [3.63, 3.8) is 0 Å². The molecule has 1 N–H and O–H groups in total. The van der Waals surface area contributed by atoms with Crippen molar-refractivity contribution in [3.05, 3.63) is 66.2 Å². The van der Waals surface area contributed by atoms with Crippen molar-refractivity contribution in [1.29, 1.82) is 0 Å². The fraction of sp³-hybridized carbons (Fsp3) is 0.143. The van der Waals surface area contributed by atoms with Gasteiger partial charge in [0.15, 0.2) is 0 Å². The summed E-state index contributed by atoms with van der Waals surface area (Å²) in [5, 5.41) is 10.2. The Balaban J connectivity index is 1.58. The first-order valence-electron chi connectivity index (χ1n) is 11.5. The van der Waals surface area contributed by atoms with Crippen molar-refractivity contribution < 1.29 is 28.8 Å². The Morgan fingerprint density at radius 3 is 2.00 bits per heavy atom. The molecule has 3 aliphatic rings. The average Bonchev–Trinajstić information content (AvgIpc) is 2.93. The Morgan fingerprint density at radius 1 is 0.722 bits per heavy atom. The molecule has 0 spiro atoms. The summed E-state index contributed by atoms with van der Waals surface area (Å²) in [5.41, 5.74) is 3.92. The number of nitrogens with zero attached hydrogens (tertiary/aromatic N) is 1. The molecule has 0 saturated carbocycles. The molecule has 0 saturated heterocycles. The van der Waals surface area contributed by atoms with Crippen LogP contribution >= 0.6 is 0 Å². The quantitative estimate of drug-likeness (QED) is 0.279. The summed E-state index contributed by atoms with van der Waals surface area (Å²) in [6, 6.07) is 20.0. The Morgan fingerprint density at radius 2 is 1.36 bits per heavy atom. The van der Waals surface area contributed by atoms with Crippen LogP contribution in [0, 0.1) is 0 Å². The summed E-state index contributed by atoms with van der Waals surface area (Å²) in [4.78, 5) is 2.25. The first-order valence-corrected chi connectivity index (χ1v) is 16.7. The molecular formula is C28H22BiNO6. The van der Waals surface area contributed by atoms with Crippen molar-refractivity contribution in [2.45, 2.75) is 6.61 Å². The van der Waals surface area contributed by atoms with Gasteiger partial charge in [0.1, 0.15) is 0 Å². The Kier molecular flexibility index (Phi) is 4.85. The van der Waals surface area contributed by atoms with Crippen LogP contribution in [0.4, 0.5) is 17.1 Å². The van der Waals surface area contributed by atoms with E-state index in [9.17, 15) is 5.11 Å². The van der Waals surface area contributed by atoms with Crippen LogP contribution in [-0.4, -0.2) is 48.2 Å². The van der Waals surface area contributed by atoms with Crippen LogP contribution in [0.1, 0.15) is 5.56 Å². The zero-order valence-corrected chi connectivity index (χ0v) is 23.3. The van der Waals surface area contributed by atoms with Gasteiger partial charge in [-0.2, -0.15) is 0 Å². The van der Waals surface area contributed by atoms with E-state index in [1.165, 1.54) is 6.54 Å². The summed E-state index contributed by atoms with van der Waals surface area (Å²) in [6.07, 6.45) is 0. The van der Waals surface area contributed by atoms with E-state index in [1.807, 2.05) is 36.4 Å². The van der Waals surface area contributed by atoms with Crippen LogP contribution in [-0.2, 0) is 6.61 Å². The minimum atomic E-state index is -2.97. The second kappa shape index (κ2) is 8.02. The first kappa shape index (κ1) is 21.8. The Labute approximate surface area is 216 Å². The number of aliphatic hydroxyl groups is 1. The van der Waals surface area contributed by atoms with Gasteiger partial charge in [-0.3, -0.25) is 0 Å². The van der Waals surface area contributed by atoms with Gasteiger partial charge in [-0.1, -0.05) is 0 Å². The van der Waals surface area contributed by atoms with Crippen LogP contribution in [0.25, 0.3) is 0 Å². The fourth-order valence-electron chi connectivity index (χ4n) is 5.18. The van der Waals surface area contributed by atoms with Crippen molar-refractivity contribution in [2.75, 3.05) is 26.2 Å². The van der Waals surface area contributed by atoms with Gasteiger partial charge in [-0.15, -0.1) is 0 Å². The molecule has 7 rings (SSSR count). The first-order chi connectivity index (χ1) is 17.7. The van der Waals surface area contributed by atoms with Gasteiger partial charge in [0, 0.05) is 0 Å². The molecule has 3 heterocycles. The summed E-state index contributed by atoms with van der Waals surface area (Å²) < 4.78 is 33.4. The third-order valence-corrected chi connectivity index (χ3v) is 17.1. The van der Waals surface area contributed by atoms with E-state index in [-0.39, 0.29) is 6.61 Å². The fourth-order valence-corrected chi connectivity index (χ4v) is 16.4. The molecule has 4 aromatic rings. The molecule has 0 amide bonds. The third-order valence-electron chi connectivity index (χ3n) is 6.81. The molecule has 0 aromatic heterocycles. The molecule has 8 heteroatoms. The Bertz CT molecular complexity index is 1460. The van der Waals surface area contributed by atoms with E-state index in [0.29, 0.717) is 11.5 Å². The number of hydrogen-bond acceptors (Lipinski definition) is 7. The summed E-state index contributed by atoms with van der Waals surface area (Å²) in [6.45, 7) is -0.108. The molecule has 0 radical (unpaired) electrons. The number of rotatable bonds is 5. The Hall–Kier alpha value is -3.48. The van der Waals surface area contributed by atoms with Gasteiger partial charge in [-0.25, -0.2) is 0 Å². The molecule has 7 nitrogen and oxygen atoms in total. The molecule has 3 aliphatic heterocycles. The van der Waals surface area contributed by atoms with Crippen LogP contribution < -0.4 is 38.4 Å². The van der Waals surface area contributed by atoms with Crippen molar-refractivity contribution in [3.8, 4) is 40.2 Å². The van der Waals surface area contributed by atoms with Crippen molar-refractivity contribution in [2.24, 2.45) is 0 Å². The molecule has 36 heavy (non-hydrogen) atoms. The average molecular weight is 677 g/mol. The molecule has 180 valence electrons. The second-order valence-electron chi connectivity index (χ2n) is 8.59. The number of hydrogen-bond donors (Lipinski definition) is 1. The summed E-state index contributed by atoms with van der Waals surface area (Å²) >= 11 is -2.97. The maximum absolute atomic E-state index is 10.2. The molecule has 0 atom stereocenters. The van der Waals surface area contributed by atoms with Crippen LogP contribution in [0.2, 0.25) is 0 Å². The van der Waals surface area contributed by atoms with Crippen LogP contribution in [0.15, 0.2) is 60.7 Å². The predicted molar refractivity (Wildman–Crippen MR) is 138 cm³/mol. The van der Waals surface area contributed by atoms with Crippen molar-refractivity contribution >= 4 is 48.6 Å². The van der Waals surface area contributed by atoms with Gasteiger partial charge in [0.2, 0.25) is 0 Å². The van der Waals surface area contributed by atoms with Crippen LogP contribution in [0.5, 0.6) is 40.2 Å². The normalized spacial score (nSPS) is 13.9. The molecule has 4 aromatic carbocycles. The monoisotopic (exact) mass is 677 g/mol. The maximum atomic E-state index is 10.2. The van der Waals surface area contributed by atoms with E-state index in [1.54, 1.807) is 21.3 Å². The third kappa shape index (κ3) is 2.86. The van der Waals surface area contributed by atoms with Gasteiger partial charge in [0.25, 0.3) is 0 Å². The van der Waals surface area contributed by atoms with E-state index in [0.717, 1.165) is 54.6 Å². The summed E-state index contributed by atoms with van der Waals surface area (Å²) in [5.74, 6) is 5.16. The van der Waals surface area contributed by atoms with Gasteiger partial charge >= 0.3 is 217 Å². The van der Waals surface area contributed by atoms with E-state index in [4.69, 9.17) is 23.7 Å². The number of aliphatic hydroxyl groups excluding tert-OH is 1. The molecular weight excluding hydrogens is 655 g/mol. The second-order valence-corrected chi connectivity index (χ2v) is 16.4. The van der Waals surface area contributed by atoms with Gasteiger partial charge in [0.05, 0.1) is 0 Å². The zero-order chi connectivity index (χ0) is 24.6. The SMILES string of the molecule is COc1ccc(N2c3ccc(CO)c4[c]3[Bi]3[c]5c(cc(OC)cc5Oc5c(OC)ccc2[c]53)O4)cc1. The number of anilines is 3. The van der Waals surface area contributed by atoms with Crippen molar-refractivity contribution in [1.82, 2.24) is 0 Å². The summed E-state index contributed by atoms with van der Waals surface area (Å²) in [7, 11) is 4.96. The predicted octanol–water partition coefficient (Wildman–Crippen LogP) is 3.72. The topological polar surface area (TPSA) is 69.6 Å². The van der Waals surface area contributed by atoms with E-state index >= 15 is 0 Å². The molecule has 0 bridgehead atoms. The van der Waals surface area contributed by atoms with Crippen LogP contribution in [0.3, 0.4) is 0 Å². The number of methoxy groups -OCH3 is 3. The molecule has 0 unspecified atom stereocenters. The van der Waals surface area contributed by atoms with Gasteiger partial charge in [-0.05, 0) is 0 Å². The minimum absolute atomic E-state index is 0.108. The number of benzene rings is 4. The standard InChI is InChI=1S/C28H22NO6.Bi/c1-31-22-9-6-19(7-10-22)29-20-5-4-18(17-30)27(12-20)34-24-14-23(32-2)15-25(16-24)35-28-13-21(29)8-11-26(28)33-3;/h4-11,14-15,30H,17H2,1-3H3;. The molecule has 0 fully saturated rings. The molecule has 0 aliphatic carbocycles. The number of ether oxygens (including phenoxy) is 5. The zero-order valence-electron chi connectivity index (χ0n) is 19.9. The van der Waals surface area contributed by atoms with E-state index < -0.39 is 21.8 Å². The van der Waals surface area contributed by atoms with E-state index in [2.05, 4.69) is 29.2 Å². The van der Waals surface area contributed by atoms with Gasteiger partial charge < -0.3 is 0 Å².